The van der Waals surface area contributed by atoms with Crippen LogP contribution in [0.25, 0.3) is 0 Å². The van der Waals surface area contributed by atoms with Crippen LogP contribution in [0, 0.1) is 0 Å². The predicted molar refractivity (Wildman–Crippen MR) is 153 cm³/mol. The minimum atomic E-state index is -1.26. The van der Waals surface area contributed by atoms with Crippen LogP contribution in [0.2, 0.25) is 0 Å². The highest BCUT2D eigenvalue weighted by atomic mass is 16.3. The minimum absolute atomic E-state index is 0.0235. The zero-order chi connectivity index (χ0) is 29.8. The van der Waals surface area contributed by atoms with E-state index in [1.54, 1.807) is 24.3 Å². The van der Waals surface area contributed by atoms with Crippen molar-refractivity contribution in [2.75, 3.05) is 13.1 Å². The molecule has 0 saturated carbocycles. The number of phenols is 1. The quantitative estimate of drug-likeness (QED) is 0.315. The lowest BCUT2D eigenvalue weighted by Crippen LogP contribution is -2.58. The molecule has 11 heteroatoms. The van der Waals surface area contributed by atoms with Gasteiger partial charge in [-0.2, -0.15) is 0 Å². The number of phenolic OH excluding ortho intramolecular Hbond substituents is 1. The molecule has 4 amide bonds. The summed E-state index contributed by atoms with van der Waals surface area (Å²) in [5.74, 6) is -1.77. The predicted octanol–water partition coefficient (Wildman–Crippen LogP) is 1.28. The van der Waals surface area contributed by atoms with Crippen molar-refractivity contribution in [2.45, 2.75) is 114 Å². The third-order valence-electron chi connectivity index (χ3n) is 7.85. The molecule has 0 radical (unpaired) electrons. The van der Waals surface area contributed by atoms with Crippen LogP contribution < -0.4 is 16.0 Å². The number of amides is 4. The first kappa shape index (κ1) is 32.3. The Labute approximate surface area is 242 Å². The highest BCUT2D eigenvalue weighted by molar-refractivity contribution is 5.95. The molecule has 2 saturated heterocycles. The third-order valence-corrected chi connectivity index (χ3v) is 7.85. The second-order valence-corrected chi connectivity index (χ2v) is 11.3. The van der Waals surface area contributed by atoms with Crippen molar-refractivity contribution in [3.8, 4) is 5.75 Å². The highest BCUT2D eigenvalue weighted by Gasteiger charge is 2.43. The molecular formula is C30H46N4O7. The number of aromatic hydroxyl groups is 1. The standard InChI is InChI=1S/C30H46N4O7/c1-20(35)27-30(41)34-19-23(37)18-25(34)29(40)32-24(16-13-21-11-14-22(36)15-12-21)28(39)31-17-9-7-5-3-2-4-6-8-10-26(38)33-27/h11-12,14-15,20,23-25,27,35-37H,2-10,13,16-19H2,1H3,(H,31,39)(H,32,40)(H,33,38)/t20-,23-,24+,25+,27+/m1/s1. The van der Waals surface area contributed by atoms with E-state index in [1.165, 1.54) is 11.8 Å². The van der Waals surface area contributed by atoms with Gasteiger partial charge >= 0.3 is 0 Å². The molecule has 5 atom stereocenters. The molecule has 1 aromatic carbocycles. The lowest BCUT2D eigenvalue weighted by Gasteiger charge is -2.30. The van der Waals surface area contributed by atoms with Crippen LogP contribution in [-0.2, 0) is 25.6 Å². The summed E-state index contributed by atoms with van der Waals surface area (Å²) in [7, 11) is 0. The molecule has 0 aliphatic carbocycles. The lowest BCUT2D eigenvalue weighted by molar-refractivity contribution is -0.144. The number of carbonyl (C=O) groups excluding carboxylic acids is 4. The van der Waals surface area contributed by atoms with E-state index in [0.717, 1.165) is 50.5 Å². The molecule has 0 spiro atoms. The maximum absolute atomic E-state index is 13.5. The van der Waals surface area contributed by atoms with Crippen LogP contribution in [0.3, 0.4) is 0 Å². The molecule has 2 aliphatic heterocycles. The smallest absolute Gasteiger partial charge is 0.248 e. The molecule has 0 aromatic heterocycles. The van der Waals surface area contributed by atoms with E-state index >= 15 is 0 Å². The normalized spacial score (nSPS) is 27.1. The maximum atomic E-state index is 13.5. The Balaban J connectivity index is 1.78. The highest BCUT2D eigenvalue weighted by Crippen LogP contribution is 2.21. The van der Waals surface area contributed by atoms with Gasteiger partial charge in [-0.3, -0.25) is 19.2 Å². The maximum Gasteiger partial charge on any atom is 0.248 e. The molecule has 11 nitrogen and oxygen atoms in total. The van der Waals surface area contributed by atoms with Gasteiger partial charge in [-0.15, -0.1) is 0 Å². The summed E-state index contributed by atoms with van der Waals surface area (Å²) in [5.41, 5.74) is 0.885. The average molecular weight is 575 g/mol. The topological polar surface area (TPSA) is 168 Å². The van der Waals surface area contributed by atoms with Crippen LogP contribution >= 0.6 is 0 Å². The van der Waals surface area contributed by atoms with Gasteiger partial charge in [0.15, 0.2) is 0 Å². The van der Waals surface area contributed by atoms with Crippen molar-refractivity contribution >= 4 is 23.6 Å². The van der Waals surface area contributed by atoms with Gasteiger partial charge in [0.2, 0.25) is 23.6 Å². The van der Waals surface area contributed by atoms with Crippen LogP contribution in [-0.4, -0.2) is 87.3 Å². The Kier molecular flexibility index (Phi) is 12.9. The molecule has 3 rings (SSSR count). The molecule has 0 unspecified atom stereocenters. The number of aliphatic hydroxyl groups is 2. The number of rotatable bonds is 4. The second kappa shape index (κ2) is 16.3. The molecule has 2 heterocycles. The number of carbonyl (C=O) groups is 4. The largest absolute Gasteiger partial charge is 0.508 e. The number of benzene rings is 1. The van der Waals surface area contributed by atoms with Gasteiger partial charge in [-0.25, -0.2) is 0 Å². The van der Waals surface area contributed by atoms with Crippen molar-refractivity contribution in [3.63, 3.8) is 0 Å². The fraction of sp³-hybridized carbons (Fsp3) is 0.667. The number of nitrogens with one attached hydrogen (secondary N) is 3. The van der Waals surface area contributed by atoms with E-state index in [9.17, 15) is 34.5 Å². The number of nitrogens with zero attached hydrogens (tertiary/aromatic N) is 1. The SMILES string of the molecule is C[C@@H](O)[C@@H]1NC(=O)CCCCCCCCCCNC(=O)[C@H](CCc2ccc(O)cc2)NC(=O)[C@@H]2C[C@@H](O)CN2C1=O. The summed E-state index contributed by atoms with van der Waals surface area (Å²) in [5, 5.41) is 38.6. The Morgan fingerprint density at radius 2 is 1.54 bits per heavy atom. The van der Waals surface area contributed by atoms with Crippen molar-refractivity contribution in [2.24, 2.45) is 0 Å². The number of hydrogen-bond acceptors (Lipinski definition) is 7. The van der Waals surface area contributed by atoms with Gasteiger partial charge in [-0.1, -0.05) is 50.7 Å². The molecule has 228 valence electrons. The van der Waals surface area contributed by atoms with E-state index in [0.29, 0.717) is 19.4 Å². The van der Waals surface area contributed by atoms with E-state index in [1.807, 2.05) is 0 Å². The molecular weight excluding hydrogens is 528 g/mol. The average Bonchev–Trinajstić information content (AvgIpc) is 3.34. The Hall–Kier alpha value is -3.18. The molecule has 6 N–H and O–H groups in total. The van der Waals surface area contributed by atoms with Gasteiger partial charge in [0.05, 0.1) is 12.2 Å². The summed E-state index contributed by atoms with van der Waals surface area (Å²) in [6, 6.07) is 3.42. The van der Waals surface area contributed by atoms with E-state index in [-0.39, 0.29) is 43.4 Å². The Bertz CT molecular complexity index is 1020. The fourth-order valence-corrected chi connectivity index (χ4v) is 5.44. The molecule has 41 heavy (non-hydrogen) atoms. The van der Waals surface area contributed by atoms with Crippen molar-refractivity contribution in [1.29, 1.82) is 0 Å². The zero-order valence-corrected chi connectivity index (χ0v) is 24.0. The molecule has 2 aliphatic rings. The van der Waals surface area contributed by atoms with E-state index in [4.69, 9.17) is 0 Å². The second-order valence-electron chi connectivity index (χ2n) is 11.3. The first-order valence-electron chi connectivity index (χ1n) is 15.0. The number of aliphatic hydroxyl groups excluding tert-OH is 2. The minimum Gasteiger partial charge on any atom is -0.508 e. The first-order chi connectivity index (χ1) is 19.7. The number of aryl methyl sites for hydroxylation is 1. The third kappa shape index (κ3) is 10.3. The zero-order valence-electron chi connectivity index (χ0n) is 24.0. The van der Waals surface area contributed by atoms with Crippen molar-refractivity contribution < 1.29 is 34.5 Å². The first-order valence-corrected chi connectivity index (χ1v) is 15.0. The van der Waals surface area contributed by atoms with E-state index in [2.05, 4.69) is 16.0 Å². The van der Waals surface area contributed by atoms with Gasteiger partial charge in [-0.05, 0) is 50.3 Å². The number of fused-ring (bicyclic) bond motifs is 1. The lowest BCUT2D eigenvalue weighted by atomic mass is 10.0. The summed E-state index contributed by atoms with van der Waals surface area (Å²) in [6.07, 6.45) is 6.36. The van der Waals surface area contributed by atoms with Gasteiger partial charge in [0.1, 0.15) is 23.9 Å². The summed E-state index contributed by atoms with van der Waals surface area (Å²) < 4.78 is 0. The van der Waals surface area contributed by atoms with Crippen molar-refractivity contribution in [1.82, 2.24) is 20.9 Å². The van der Waals surface area contributed by atoms with Gasteiger partial charge < -0.3 is 36.2 Å². The Morgan fingerprint density at radius 3 is 2.20 bits per heavy atom. The van der Waals surface area contributed by atoms with Crippen LogP contribution in [0.5, 0.6) is 5.75 Å². The Morgan fingerprint density at radius 1 is 0.902 bits per heavy atom. The fourth-order valence-electron chi connectivity index (χ4n) is 5.44. The van der Waals surface area contributed by atoms with Gasteiger partial charge in [0, 0.05) is 25.9 Å². The van der Waals surface area contributed by atoms with Crippen molar-refractivity contribution in [3.05, 3.63) is 29.8 Å². The summed E-state index contributed by atoms with van der Waals surface area (Å²) in [6.45, 7) is 1.76. The van der Waals surface area contributed by atoms with E-state index < -0.39 is 42.1 Å². The van der Waals surface area contributed by atoms with Gasteiger partial charge in [0.25, 0.3) is 0 Å². The monoisotopic (exact) mass is 574 g/mol. The summed E-state index contributed by atoms with van der Waals surface area (Å²) in [4.78, 5) is 53.9. The molecule has 0 bridgehead atoms. The molecule has 2 fully saturated rings. The molecule has 1 aromatic rings. The van der Waals surface area contributed by atoms with Crippen LogP contribution in [0.1, 0.15) is 83.1 Å². The summed E-state index contributed by atoms with van der Waals surface area (Å²) >= 11 is 0. The number of hydrogen-bond donors (Lipinski definition) is 6. The van der Waals surface area contributed by atoms with Crippen LogP contribution in [0.4, 0.5) is 0 Å². The van der Waals surface area contributed by atoms with Crippen LogP contribution in [0.15, 0.2) is 24.3 Å².